The number of hydrogen-bond acceptors (Lipinski definition) is 3. The molecule has 0 bridgehead atoms. The number of nitrogens with one attached hydrogen (secondary N) is 1. The number of benzene rings is 3. The average Bonchev–Trinajstić information content (AvgIpc) is 3.32. The van der Waals surface area contributed by atoms with Crippen molar-refractivity contribution in [1.82, 2.24) is 9.88 Å². The summed E-state index contributed by atoms with van der Waals surface area (Å²) < 4.78 is 7.39. The number of nitrogens with zero attached hydrogens (tertiary/aromatic N) is 1. The molecule has 0 radical (unpaired) electrons. The predicted molar refractivity (Wildman–Crippen MR) is 131 cm³/mol. The number of hydrogen-bond donors (Lipinski definition) is 2. The Hall–Kier alpha value is -3.77. The van der Waals surface area contributed by atoms with Gasteiger partial charge in [-0.2, -0.15) is 0 Å². The fraction of sp³-hybridized carbons (Fsp3) is 0.185. The van der Waals surface area contributed by atoms with Gasteiger partial charge in [0.1, 0.15) is 12.6 Å². The minimum Gasteiger partial charge on any atom is -0.480 e. The van der Waals surface area contributed by atoms with Crippen LogP contribution in [0.5, 0.6) is 0 Å². The number of carbonyl (C=O) groups excluding carboxylic acids is 1. The molecule has 1 aliphatic rings. The van der Waals surface area contributed by atoms with E-state index in [4.69, 9.17) is 16.3 Å². The maximum absolute atomic E-state index is 12.6. The fourth-order valence-electron chi connectivity index (χ4n) is 4.87. The molecule has 3 aromatic carbocycles. The van der Waals surface area contributed by atoms with Crippen molar-refractivity contribution in [1.29, 1.82) is 0 Å². The lowest BCUT2D eigenvalue weighted by Crippen LogP contribution is -2.42. The molecule has 5 rings (SSSR count). The molecule has 1 heterocycles. The van der Waals surface area contributed by atoms with Gasteiger partial charge in [-0.3, -0.25) is 0 Å². The second-order valence-corrected chi connectivity index (χ2v) is 8.87. The summed E-state index contributed by atoms with van der Waals surface area (Å²) in [7, 11) is 1.85. The van der Waals surface area contributed by atoms with E-state index in [1.165, 1.54) is 0 Å². The highest BCUT2D eigenvalue weighted by Crippen LogP contribution is 2.44. The van der Waals surface area contributed by atoms with Crippen LogP contribution in [0.15, 0.2) is 72.9 Å². The third-order valence-corrected chi connectivity index (χ3v) is 6.70. The number of amides is 1. The second kappa shape index (κ2) is 8.88. The number of fused-ring (bicyclic) bond motifs is 4. The van der Waals surface area contributed by atoms with Crippen molar-refractivity contribution in [2.75, 3.05) is 6.61 Å². The Bertz CT molecular complexity index is 1370. The van der Waals surface area contributed by atoms with Gasteiger partial charge in [-0.15, -0.1) is 0 Å². The zero-order chi connectivity index (χ0) is 23.8. The highest BCUT2D eigenvalue weighted by atomic mass is 35.5. The smallest absolute Gasteiger partial charge is 0.407 e. The minimum atomic E-state index is -1.14. The van der Waals surface area contributed by atoms with Gasteiger partial charge in [0.15, 0.2) is 0 Å². The van der Waals surface area contributed by atoms with E-state index in [9.17, 15) is 14.7 Å². The number of aryl methyl sites for hydroxylation is 1. The lowest BCUT2D eigenvalue weighted by molar-refractivity contribution is -0.139. The van der Waals surface area contributed by atoms with Crippen LogP contribution in [0.1, 0.15) is 22.6 Å². The monoisotopic (exact) mass is 474 g/mol. The Morgan fingerprint density at radius 2 is 1.68 bits per heavy atom. The number of halogens is 1. The van der Waals surface area contributed by atoms with E-state index >= 15 is 0 Å². The first-order chi connectivity index (χ1) is 16.4. The van der Waals surface area contributed by atoms with Crippen LogP contribution >= 0.6 is 11.6 Å². The topological polar surface area (TPSA) is 80.6 Å². The number of para-hydroxylation sites is 1. The van der Waals surface area contributed by atoms with Gasteiger partial charge in [-0.25, -0.2) is 9.59 Å². The molecular formula is C27H23ClN2O4. The van der Waals surface area contributed by atoms with E-state index in [0.717, 1.165) is 38.7 Å². The van der Waals surface area contributed by atoms with Crippen molar-refractivity contribution >= 4 is 34.6 Å². The summed E-state index contributed by atoms with van der Waals surface area (Å²) in [5.74, 6) is -1.23. The molecule has 1 amide bonds. The number of alkyl carbamates (subject to hydrolysis) is 1. The van der Waals surface area contributed by atoms with Crippen molar-refractivity contribution in [3.63, 3.8) is 0 Å². The number of aromatic nitrogens is 1. The first kappa shape index (κ1) is 22.0. The highest BCUT2D eigenvalue weighted by Gasteiger charge is 2.30. The SMILES string of the molecule is Cn1cc(C[C@H](NC(=O)OCC2c3ccccc3-c3ccccc32)C(=O)O)c2cccc(Cl)c21. The van der Waals surface area contributed by atoms with Gasteiger partial charge < -0.3 is 19.7 Å². The van der Waals surface area contributed by atoms with Gasteiger partial charge in [0.2, 0.25) is 0 Å². The first-order valence-electron chi connectivity index (χ1n) is 11.0. The van der Waals surface area contributed by atoms with Gasteiger partial charge in [0.05, 0.1) is 10.5 Å². The van der Waals surface area contributed by atoms with Gasteiger partial charge in [-0.05, 0) is 33.9 Å². The summed E-state index contributed by atoms with van der Waals surface area (Å²) in [6.07, 6.45) is 1.19. The largest absolute Gasteiger partial charge is 0.480 e. The van der Waals surface area contributed by atoms with E-state index in [1.807, 2.05) is 66.3 Å². The van der Waals surface area contributed by atoms with Crippen LogP contribution in [0.4, 0.5) is 4.79 Å². The molecule has 0 saturated carbocycles. The molecule has 4 aromatic rings. The second-order valence-electron chi connectivity index (χ2n) is 8.47. The molecule has 1 atom stereocenters. The third kappa shape index (κ3) is 3.90. The molecule has 6 nitrogen and oxygen atoms in total. The van der Waals surface area contributed by atoms with Gasteiger partial charge in [0, 0.05) is 31.0 Å². The normalized spacial score (nSPS) is 13.4. The van der Waals surface area contributed by atoms with Crippen molar-refractivity contribution in [3.8, 4) is 11.1 Å². The number of ether oxygens (including phenoxy) is 1. The van der Waals surface area contributed by atoms with Crippen LogP contribution in [-0.2, 0) is 23.0 Å². The number of aliphatic carboxylic acids is 1. The van der Waals surface area contributed by atoms with Crippen LogP contribution < -0.4 is 5.32 Å². The molecule has 1 aliphatic carbocycles. The number of carboxylic acids is 1. The summed E-state index contributed by atoms with van der Waals surface area (Å²) in [6.45, 7) is 0.121. The van der Waals surface area contributed by atoms with Gasteiger partial charge in [0.25, 0.3) is 0 Å². The molecule has 34 heavy (non-hydrogen) atoms. The van der Waals surface area contributed by atoms with E-state index in [1.54, 1.807) is 6.07 Å². The molecule has 0 fully saturated rings. The molecule has 0 saturated heterocycles. The van der Waals surface area contributed by atoms with E-state index in [2.05, 4.69) is 17.4 Å². The summed E-state index contributed by atoms with van der Waals surface area (Å²) >= 11 is 6.31. The highest BCUT2D eigenvalue weighted by molar-refractivity contribution is 6.35. The Kier molecular flexibility index (Phi) is 5.75. The third-order valence-electron chi connectivity index (χ3n) is 6.39. The number of carboxylic acid groups (broad SMARTS) is 1. The first-order valence-corrected chi connectivity index (χ1v) is 11.4. The van der Waals surface area contributed by atoms with Gasteiger partial charge in [-0.1, -0.05) is 72.3 Å². The average molecular weight is 475 g/mol. The lowest BCUT2D eigenvalue weighted by Gasteiger charge is -2.17. The van der Waals surface area contributed by atoms with Crippen molar-refractivity contribution < 1.29 is 19.4 Å². The van der Waals surface area contributed by atoms with Crippen LogP contribution in [0.2, 0.25) is 5.02 Å². The van der Waals surface area contributed by atoms with Crippen molar-refractivity contribution in [2.24, 2.45) is 7.05 Å². The molecule has 0 unspecified atom stereocenters. The van der Waals surface area contributed by atoms with Crippen molar-refractivity contribution in [3.05, 3.63) is 94.6 Å². The molecule has 172 valence electrons. The maximum Gasteiger partial charge on any atom is 0.407 e. The maximum atomic E-state index is 12.6. The Morgan fingerprint density at radius 1 is 1.03 bits per heavy atom. The Balaban J connectivity index is 1.30. The van der Waals surface area contributed by atoms with Crippen LogP contribution in [0, 0.1) is 0 Å². The van der Waals surface area contributed by atoms with Gasteiger partial charge >= 0.3 is 12.1 Å². The summed E-state index contributed by atoms with van der Waals surface area (Å²) in [5.41, 5.74) is 6.06. The summed E-state index contributed by atoms with van der Waals surface area (Å²) in [4.78, 5) is 24.6. The summed E-state index contributed by atoms with van der Waals surface area (Å²) in [5, 5.41) is 13.7. The standard InChI is InChI=1S/C27H23ClN2O4/c1-30-14-16(17-11-6-12-23(28)25(17)30)13-24(26(31)32)29-27(33)34-15-22-20-9-4-2-7-18(20)19-8-3-5-10-21(19)22/h2-12,14,22,24H,13,15H2,1H3,(H,29,33)(H,31,32)/t24-/m0/s1. The van der Waals surface area contributed by atoms with Crippen LogP contribution in [-0.4, -0.2) is 34.4 Å². The zero-order valence-electron chi connectivity index (χ0n) is 18.5. The van der Waals surface area contributed by atoms with Crippen LogP contribution in [0.3, 0.4) is 0 Å². The lowest BCUT2D eigenvalue weighted by atomic mass is 9.98. The van der Waals surface area contributed by atoms with E-state index in [-0.39, 0.29) is 18.9 Å². The van der Waals surface area contributed by atoms with E-state index in [0.29, 0.717) is 5.02 Å². The number of carbonyl (C=O) groups is 2. The Morgan fingerprint density at radius 3 is 2.32 bits per heavy atom. The molecular weight excluding hydrogens is 452 g/mol. The molecule has 1 aromatic heterocycles. The number of rotatable bonds is 6. The zero-order valence-corrected chi connectivity index (χ0v) is 19.3. The van der Waals surface area contributed by atoms with E-state index < -0.39 is 18.1 Å². The fourth-order valence-corrected chi connectivity index (χ4v) is 5.17. The minimum absolute atomic E-state index is 0.0957. The molecule has 7 heteroatoms. The Labute approximate surface area is 201 Å². The molecule has 0 aliphatic heterocycles. The molecule has 2 N–H and O–H groups in total. The predicted octanol–water partition coefficient (Wildman–Crippen LogP) is 5.37. The quantitative estimate of drug-likeness (QED) is 0.394. The summed E-state index contributed by atoms with van der Waals surface area (Å²) in [6, 6.07) is 20.5. The van der Waals surface area contributed by atoms with Crippen LogP contribution in [0.25, 0.3) is 22.0 Å². The molecule has 0 spiro atoms. The van der Waals surface area contributed by atoms with Crippen molar-refractivity contribution in [2.45, 2.75) is 18.4 Å².